The Morgan fingerprint density at radius 2 is 1.86 bits per heavy atom. The molecule has 0 fully saturated rings. The predicted octanol–water partition coefficient (Wildman–Crippen LogP) is 2.68. The molecule has 0 aliphatic heterocycles. The Balaban J connectivity index is 2.29. The SMILES string of the molecule is COc1ccccc1COc1ccc(Br)cc1S(N)(=O)=O. The van der Waals surface area contributed by atoms with E-state index in [1.54, 1.807) is 25.3 Å². The summed E-state index contributed by atoms with van der Waals surface area (Å²) in [7, 11) is -2.30. The molecule has 21 heavy (non-hydrogen) atoms. The van der Waals surface area contributed by atoms with Crippen molar-refractivity contribution >= 4 is 26.0 Å². The lowest BCUT2D eigenvalue weighted by Gasteiger charge is -2.12. The summed E-state index contributed by atoms with van der Waals surface area (Å²) in [5, 5.41) is 5.20. The molecule has 0 heterocycles. The standard InChI is InChI=1S/C14H14BrNO4S/c1-19-12-5-3-2-4-10(12)9-20-13-7-6-11(15)8-14(13)21(16,17)18/h2-8H,9H2,1H3,(H2,16,17,18). The van der Waals surface area contributed by atoms with Gasteiger partial charge in [-0.3, -0.25) is 0 Å². The quantitative estimate of drug-likeness (QED) is 0.875. The number of nitrogens with two attached hydrogens (primary N) is 1. The number of benzene rings is 2. The Bertz CT molecular complexity index is 746. The lowest BCUT2D eigenvalue weighted by Crippen LogP contribution is -2.14. The molecule has 0 aromatic heterocycles. The van der Waals surface area contributed by atoms with Crippen LogP contribution in [0.1, 0.15) is 5.56 Å². The van der Waals surface area contributed by atoms with Crippen molar-refractivity contribution in [1.82, 2.24) is 0 Å². The molecule has 2 N–H and O–H groups in total. The van der Waals surface area contributed by atoms with Crippen molar-refractivity contribution in [2.45, 2.75) is 11.5 Å². The van der Waals surface area contributed by atoms with Crippen molar-refractivity contribution in [2.24, 2.45) is 5.14 Å². The second-order valence-electron chi connectivity index (χ2n) is 4.24. The zero-order valence-corrected chi connectivity index (χ0v) is 13.6. The number of primary sulfonamides is 1. The number of halogens is 1. The molecular weight excluding hydrogens is 358 g/mol. The minimum Gasteiger partial charge on any atom is -0.496 e. The highest BCUT2D eigenvalue weighted by molar-refractivity contribution is 9.10. The van der Waals surface area contributed by atoms with Crippen LogP contribution in [0.15, 0.2) is 51.8 Å². The summed E-state index contributed by atoms with van der Waals surface area (Å²) < 4.78 is 34.6. The van der Waals surface area contributed by atoms with Gasteiger partial charge in [0.25, 0.3) is 0 Å². The number of rotatable bonds is 5. The van der Waals surface area contributed by atoms with Crippen LogP contribution in [0, 0.1) is 0 Å². The normalized spacial score (nSPS) is 11.2. The van der Waals surface area contributed by atoms with Gasteiger partial charge in [0.15, 0.2) is 0 Å². The molecule has 0 aliphatic rings. The average molecular weight is 372 g/mol. The van der Waals surface area contributed by atoms with Gasteiger partial charge in [0.05, 0.1) is 7.11 Å². The average Bonchev–Trinajstić information content (AvgIpc) is 2.45. The van der Waals surface area contributed by atoms with E-state index < -0.39 is 10.0 Å². The molecule has 7 heteroatoms. The Hall–Kier alpha value is -1.57. The van der Waals surface area contributed by atoms with E-state index in [1.807, 2.05) is 18.2 Å². The fourth-order valence-corrected chi connectivity index (χ4v) is 3.01. The van der Waals surface area contributed by atoms with Gasteiger partial charge in [-0.2, -0.15) is 0 Å². The first-order chi connectivity index (χ1) is 9.91. The summed E-state index contributed by atoms with van der Waals surface area (Å²) in [6.07, 6.45) is 0. The molecule has 0 amide bonds. The number of hydrogen-bond acceptors (Lipinski definition) is 4. The smallest absolute Gasteiger partial charge is 0.241 e. The predicted molar refractivity (Wildman–Crippen MR) is 82.8 cm³/mol. The molecule has 2 aromatic rings. The molecule has 2 rings (SSSR count). The summed E-state index contributed by atoms with van der Waals surface area (Å²) in [4.78, 5) is -0.0632. The molecule has 5 nitrogen and oxygen atoms in total. The molecule has 0 radical (unpaired) electrons. The van der Waals surface area contributed by atoms with E-state index in [2.05, 4.69) is 15.9 Å². The van der Waals surface area contributed by atoms with Crippen molar-refractivity contribution in [2.75, 3.05) is 7.11 Å². The fraction of sp³-hybridized carbons (Fsp3) is 0.143. The number of hydrogen-bond donors (Lipinski definition) is 1. The molecule has 0 aliphatic carbocycles. The van der Waals surface area contributed by atoms with Crippen LogP contribution in [0.4, 0.5) is 0 Å². The van der Waals surface area contributed by atoms with E-state index in [0.717, 1.165) is 5.56 Å². The largest absolute Gasteiger partial charge is 0.496 e. The fourth-order valence-electron chi connectivity index (χ4n) is 1.80. The molecule has 0 unspecified atom stereocenters. The van der Waals surface area contributed by atoms with Crippen LogP contribution in [0.5, 0.6) is 11.5 Å². The maximum absolute atomic E-state index is 11.6. The number of methoxy groups -OCH3 is 1. The zero-order chi connectivity index (χ0) is 15.5. The minimum absolute atomic E-state index is 0.0632. The first-order valence-corrected chi connectivity index (χ1v) is 8.33. The highest BCUT2D eigenvalue weighted by atomic mass is 79.9. The molecule has 0 saturated carbocycles. The molecule has 0 saturated heterocycles. The van der Waals surface area contributed by atoms with E-state index in [-0.39, 0.29) is 17.3 Å². The van der Waals surface area contributed by atoms with Gasteiger partial charge in [-0.05, 0) is 24.3 Å². The first kappa shape index (κ1) is 15.8. The second-order valence-corrected chi connectivity index (χ2v) is 6.68. The van der Waals surface area contributed by atoms with Gasteiger partial charge in [-0.15, -0.1) is 0 Å². The van der Waals surface area contributed by atoms with Crippen LogP contribution in [0.3, 0.4) is 0 Å². The summed E-state index contributed by atoms with van der Waals surface area (Å²) in [5.41, 5.74) is 0.809. The molecule has 0 bridgehead atoms. The van der Waals surface area contributed by atoms with Crippen LogP contribution in [0.25, 0.3) is 0 Å². The van der Waals surface area contributed by atoms with Gasteiger partial charge in [-0.25, -0.2) is 13.6 Å². The lowest BCUT2D eigenvalue weighted by atomic mass is 10.2. The maximum atomic E-state index is 11.6. The third-order valence-electron chi connectivity index (χ3n) is 2.79. The van der Waals surface area contributed by atoms with Gasteiger partial charge in [0.1, 0.15) is 23.0 Å². The maximum Gasteiger partial charge on any atom is 0.241 e. The zero-order valence-electron chi connectivity index (χ0n) is 11.2. The highest BCUT2D eigenvalue weighted by Crippen LogP contribution is 2.28. The molecule has 0 spiro atoms. The summed E-state index contributed by atoms with van der Waals surface area (Å²) in [5.74, 6) is 0.873. The second kappa shape index (κ2) is 6.46. The monoisotopic (exact) mass is 371 g/mol. The Labute approximate surface area is 131 Å². The first-order valence-electron chi connectivity index (χ1n) is 5.99. The topological polar surface area (TPSA) is 78.6 Å². The van der Waals surface area contributed by atoms with Crippen LogP contribution < -0.4 is 14.6 Å². The van der Waals surface area contributed by atoms with Gasteiger partial charge >= 0.3 is 0 Å². The summed E-state index contributed by atoms with van der Waals surface area (Å²) >= 11 is 3.21. The Morgan fingerprint density at radius 3 is 2.52 bits per heavy atom. The van der Waals surface area contributed by atoms with Crippen LogP contribution >= 0.6 is 15.9 Å². The van der Waals surface area contributed by atoms with E-state index in [9.17, 15) is 8.42 Å². The molecule has 0 atom stereocenters. The van der Waals surface area contributed by atoms with Gasteiger partial charge in [-0.1, -0.05) is 34.1 Å². The van der Waals surface area contributed by atoms with Crippen LogP contribution in [-0.2, 0) is 16.6 Å². The number of ether oxygens (including phenoxy) is 2. The van der Waals surface area contributed by atoms with Crippen LogP contribution in [0.2, 0.25) is 0 Å². The van der Waals surface area contributed by atoms with Crippen LogP contribution in [-0.4, -0.2) is 15.5 Å². The minimum atomic E-state index is -3.86. The Kier molecular flexibility index (Phi) is 4.87. The van der Waals surface area contributed by atoms with Gasteiger partial charge in [0, 0.05) is 10.0 Å². The van der Waals surface area contributed by atoms with E-state index in [1.165, 1.54) is 6.07 Å². The van der Waals surface area contributed by atoms with Crippen molar-refractivity contribution in [3.63, 3.8) is 0 Å². The third-order valence-corrected chi connectivity index (χ3v) is 4.21. The van der Waals surface area contributed by atoms with Gasteiger partial charge < -0.3 is 9.47 Å². The summed E-state index contributed by atoms with van der Waals surface area (Å²) in [6, 6.07) is 12.0. The van der Waals surface area contributed by atoms with E-state index in [0.29, 0.717) is 10.2 Å². The molecular formula is C14H14BrNO4S. The Morgan fingerprint density at radius 1 is 1.14 bits per heavy atom. The highest BCUT2D eigenvalue weighted by Gasteiger charge is 2.16. The van der Waals surface area contributed by atoms with Crippen molar-refractivity contribution in [3.8, 4) is 11.5 Å². The van der Waals surface area contributed by atoms with Gasteiger partial charge in [0.2, 0.25) is 10.0 Å². The number of para-hydroxylation sites is 1. The molecule has 112 valence electrons. The third kappa shape index (κ3) is 3.96. The summed E-state index contributed by atoms with van der Waals surface area (Å²) in [6.45, 7) is 0.175. The van der Waals surface area contributed by atoms with Crippen molar-refractivity contribution in [1.29, 1.82) is 0 Å². The van der Waals surface area contributed by atoms with Crippen molar-refractivity contribution in [3.05, 3.63) is 52.5 Å². The van der Waals surface area contributed by atoms with E-state index in [4.69, 9.17) is 14.6 Å². The van der Waals surface area contributed by atoms with Crippen molar-refractivity contribution < 1.29 is 17.9 Å². The molecule has 2 aromatic carbocycles. The number of sulfonamides is 1. The lowest BCUT2D eigenvalue weighted by molar-refractivity contribution is 0.289. The van der Waals surface area contributed by atoms with E-state index >= 15 is 0 Å².